The van der Waals surface area contributed by atoms with E-state index in [0.717, 1.165) is 27.5 Å². The number of rotatable bonds is 2. The Labute approximate surface area is 137 Å². The van der Waals surface area contributed by atoms with Gasteiger partial charge in [0.2, 0.25) is 0 Å². The maximum absolute atomic E-state index is 10.1. The summed E-state index contributed by atoms with van der Waals surface area (Å²) in [4.78, 5) is 11.8. The van der Waals surface area contributed by atoms with Gasteiger partial charge in [-0.3, -0.25) is 9.98 Å². The van der Waals surface area contributed by atoms with Crippen LogP contribution in [0.4, 0.5) is 5.69 Å². The minimum absolute atomic E-state index is 0.0687. The van der Waals surface area contributed by atoms with Crippen LogP contribution >= 0.6 is 11.6 Å². The third-order valence-electron chi connectivity index (χ3n) is 3.72. The van der Waals surface area contributed by atoms with Crippen LogP contribution in [0.5, 0.6) is 5.88 Å². The molecule has 4 rings (SSSR count). The van der Waals surface area contributed by atoms with E-state index in [9.17, 15) is 5.11 Å². The molecule has 0 saturated carbocycles. The number of H-pyrrole nitrogens is 1. The Hall–Kier alpha value is -2.85. The van der Waals surface area contributed by atoms with Gasteiger partial charge in [0, 0.05) is 33.7 Å². The zero-order valence-electron chi connectivity index (χ0n) is 12.0. The third kappa shape index (κ3) is 2.43. The van der Waals surface area contributed by atoms with E-state index >= 15 is 0 Å². The summed E-state index contributed by atoms with van der Waals surface area (Å²) in [6, 6.07) is 15.1. The number of aromatic amines is 1. The number of aliphatic imine (C=N–C) groups is 1. The van der Waals surface area contributed by atoms with Crippen molar-refractivity contribution in [2.45, 2.75) is 0 Å². The fourth-order valence-corrected chi connectivity index (χ4v) is 2.80. The predicted molar refractivity (Wildman–Crippen MR) is 94.0 cm³/mol. The van der Waals surface area contributed by atoms with Gasteiger partial charge in [0.05, 0.1) is 16.8 Å². The molecule has 2 aromatic heterocycles. The van der Waals surface area contributed by atoms with Gasteiger partial charge in [0.1, 0.15) is 0 Å². The van der Waals surface area contributed by atoms with E-state index in [-0.39, 0.29) is 5.88 Å². The molecular weight excluding hydrogens is 310 g/mol. The molecule has 0 atom stereocenters. The Kier molecular flexibility index (Phi) is 3.24. The minimum atomic E-state index is 0.0687. The fourth-order valence-electron chi connectivity index (χ4n) is 2.63. The van der Waals surface area contributed by atoms with Crippen LogP contribution in [0.2, 0.25) is 5.02 Å². The van der Waals surface area contributed by atoms with Crippen molar-refractivity contribution in [1.82, 2.24) is 9.97 Å². The number of hydrogen-bond acceptors (Lipinski definition) is 3. The lowest BCUT2D eigenvalue weighted by molar-refractivity contribution is 0.457. The summed E-state index contributed by atoms with van der Waals surface area (Å²) in [5, 5.41) is 12.6. The smallest absolute Gasteiger partial charge is 0.198 e. The first-order valence-electron chi connectivity index (χ1n) is 7.10. The topological polar surface area (TPSA) is 61.3 Å². The van der Waals surface area contributed by atoms with Crippen LogP contribution in [-0.4, -0.2) is 21.3 Å². The second-order valence-electron chi connectivity index (χ2n) is 5.19. The zero-order chi connectivity index (χ0) is 15.8. The van der Waals surface area contributed by atoms with Crippen LogP contribution < -0.4 is 0 Å². The molecule has 4 aromatic rings. The van der Waals surface area contributed by atoms with Crippen LogP contribution in [0, 0.1) is 0 Å². The Morgan fingerprint density at radius 1 is 1.13 bits per heavy atom. The average molecular weight is 322 g/mol. The lowest BCUT2D eigenvalue weighted by Gasteiger charge is -2.00. The molecule has 2 aromatic carbocycles. The number of aromatic nitrogens is 2. The van der Waals surface area contributed by atoms with Crippen molar-refractivity contribution in [1.29, 1.82) is 0 Å². The van der Waals surface area contributed by atoms with Gasteiger partial charge in [0.25, 0.3) is 0 Å². The minimum Gasteiger partial charge on any atom is -0.494 e. The lowest BCUT2D eigenvalue weighted by Crippen LogP contribution is -1.82. The Bertz CT molecular complexity index is 1050. The van der Waals surface area contributed by atoms with E-state index in [1.807, 2.05) is 36.4 Å². The molecule has 0 unspecified atom stereocenters. The average Bonchev–Trinajstić information content (AvgIpc) is 2.87. The first-order chi connectivity index (χ1) is 11.2. The van der Waals surface area contributed by atoms with E-state index in [1.54, 1.807) is 24.5 Å². The Morgan fingerprint density at radius 3 is 2.91 bits per heavy atom. The van der Waals surface area contributed by atoms with Gasteiger partial charge in [-0.05, 0) is 30.3 Å². The van der Waals surface area contributed by atoms with Gasteiger partial charge in [-0.15, -0.1) is 0 Å². The van der Waals surface area contributed by atoms with Gasteiger partial charge < -0.3 is 10.1 Å². The number of fused-ring (bicyclic) bond motifs is 2. The highest BCUT2D eigenvalue weighted by atomic mass is 35.5. The summed E-state index contributed by atoms with van der Waals surface area (Å²) < 4.78 is 0. The third-order valence-corrected chi connectivity index (χ3v) is 3.96. The number of hydrogen-bond donors (Lipinski definition) is 2. The van der Waals surface area contributed by atoms with Crippen LogP contribution in [0.1, 0.15) is 5.56 Å². The van der Waals surface area contributed by atoms with Gasteiger partial charge in [-0.2, -0.15) is 0 Å². The molecule has 23 heavy (non-hydrogen) atoms. The molecule has 4 nitrogen and oxygen atoms in total. The van der Waals surface area contributed by atoms with Crippen molar-refractivity contribution in [2.24, 2.45) is 4.99 Å². The number of halogens is 1. The summed E-state index contributed by atoms with van der Waals surface area (Å²) >= 11 is 6.05. The summed E-state index contributed by atoms with van der Waals surface area (Å²) in [7, 11) is 0. The molecule has 0 aliphatic heterocycles. The van der Waals surface area contributed by atoms with Crippen molar-refractivity contribution >= 4 is 45.3 Å². The molecule has 0 spiro atoms. The van der Waals surface area contributed by atoms with Gasteiger partial charge in [-0.25, -0.2) is 0 Å². The number of benzene rings is 2. The highest BCUT2D eigenvalue weighted by Gasteiger charge is 2.09. The Balaban J connectivity index is 1.85. The van der Waals surface area contributed by atoms with Crippen molar-refractivity contribution in [3.05, 3.63) is 65.3 Å². The normalized spacial score (nSPS) is 11.7. The van der Waals surface area contributed by atoms with E-state index < -0.39 is 0 Å². The molecule has 0 aliphatic rings. The number of para-hydroxylation sites is 1. The van der Waals surface area contributed by atoms with Crippen LogP contribution in [0.25, 0.3) is 21.8 Å². The summed E-state index contributed by atoms with van der Waals surface area (Å²) in [6.07, 6.45) is 3.37. The first-order valence-corrected chi connectivity index (χ1v) is 7.48. The molecule has 2 heterocycles. The van der Waals surface area contributed by atoms with Crippen molar-refractivity contribution in [3.8, 4) is 5.88 Å². The molecule has 5 heteroatoms. The van der Waals surface area contributed by atoms with E-state index in [2.05, 4.69) is 15.0 Å². The molecule has 0 fully saturated rings. The van der Waals surface area contributed by atoms with Crippen LogP contribution in [0.3, 0.4) is 0 Å². The standard InChI is InChI=1S/C18H12ClN3O/c19-12-6-7-15-13(9-12)14(18(23)22-15)10-21-16-5-1-3-11-4-2-8-20-17(11)16/h1-10,22-23H. The Morgan fingerprint density at radius 2 is 2.00 bits per heavy atom. The monoisotopic (exact) mass is 321 g/mol. The van der Waals surface area contributed by atoms with Crippen molar-refractivity contribution in [3.63, 3.8) is 0 Å². The zero-order valence-corrected chi connectivity index (χ0v) is 12.7. The lowest BCUT2D eigenvalue weighted by atomic mass is 10.1. The molecule has 112 valence electrons. The van der Waals surface area contributed by atoms with E-state index in [1.165, 1.54) is 0 Å². The SMILES string of the molecule is Oc1[nH]c2ccc(Cl)cc2c1C=Nc1cccc2cccnc12. The molecule has 2 N–H and O–H groups in total. The molecular formula is C18H12ClN3O. The van der Waals surface area contributed by atoms with Crippen molar-refractivity contribution < 1.29 is 5.11 Å². The highest BCUT2D eigenvalue weighted by Crippen LogP contribution is 2.29. The summed E-state index contributed by atoms with van der Waals surface area (Å²) in [5.74, 6) is 0.0687. The molecule has 0 saturated heterocycles. The van der Waals surface area contributed by atoms with E-state index in [4.69, 9.17) is 11.6 Å². The first kappa shape index (κ1) is 13.8. The number of nitrogens with zero attached hydrogens (tertiary/aromatic N) is 2. The summed E-state index contributed by atoms with van der Waals surface area (Å²) in [6.45, 7) is 0. The quantitative estimate of drug-likeness (QED) is 0.520. The number of nitrogens with one attached hydrogen (secondary N) is 1. The molecule has 0 aliphatic carbocycles. The number of pyridine rings is 1. The second kappa shape index (κ2) is 5.41. The van der Waals surface area contributed by atoms with Crippen LogP contribution in [0.15, 0.2) is 59.7 Å². The van der Waals surface area contributed by atoms with E-state index in [0.29, 0.717) is 10.6 Å². The number of aromatic hydroxyl groups is 1. The highest BCUT2D eigenvalue weighted by molar-refractivity contribution is 6.31. The van der Waals surface area contributed by atoms with Crippen molar-refractivity contribution in [2.75, 3.05) is 0 Å². The van der Waals surface area contributed by atoms with Gasteiger partial charge in [-0.1, -0.05) is 29.8 Å². The van der Waals surface area contributed by atoms with Gasteiger partial charge >= 0.3 is 0 Å². The predicted octanol–water partition coefficient (Wildman–Crippen LogP) is 4.83. The largest absolute Gasteiger partial charge is 0.494 e. The maximum atomic E-state index is 10.1. The molecule has 0 amide bonds. The molecule has 0 radical (unpaired) electrons. The fraction of sp³-hybridized carbons (Fsp3) is 0. The molecule has 0 bridgehead atoms. The summed E-state index contributed by atoms with van der Waals surface area (Å²) in [5.41, 5.74) is 2.99. The van der Waals surface area contributed by atoms with Crippen LogP contribution in [-0.2, 0) is 0 Å². The maximum Gasteiger partial charge on any atom is 0.198 e. The van der Waals surface area contributed by atoms with Gasteiger partial charge in [0.15, 0.2) is 5.88 Å². The second-order valence-corrected chi connectivity index (χ2v) is 5.62.